The number of nitrogens with zero attached hydrogens (tertiary/aromatic N) is 1. The zero-order valence-electron chi connectivity index (χ0n) is 12.7. The first kappa shape index (κ1) is 14.6. The summed E-state index contributed by atoms with van der Waals surface area (Å²) in [5, 5.41) is 3.01. The molecule has 0 N–H and O–H groups in total. The van der Waals surface area contributed by atoms with Crippen LogP contribution in [-0.4, -0.2) is 36.5 Å². The van der Waals surface area contributed by atoms with Crippen LogP contribution in [0.2, 0.25) is 0 Å². The number of rotatable bonds is 3. The summed E-state index contributed by atoms with van der Waals surface area (Å²) >= 11 is 1.60. The van der Waals surface area contributed by atoms with Gasteiger partial charge in [-0.1, -0.05) is 18.2 Å². The molecule has 23 heavy (non-hydrogen) atoms. The molecule has 0 atom stereocenters. The zero-order chi connectivity index (χ0) is 15.8. The minimum atomic E-state index is -0.188. The van der Waals surface area contributed by atoms with Crippen LogP contribution < -0.4 is 0 Å². The van der Waals surface area contributed by atoms with E-state index in [1.807, 2.05) is 29.6 Å². The van der Waals surface area contributed by atoms with Gasteiger partial charge in [0.2, 0.25) is 0 Å². The second kappa shape index (κ2) is 5.91. The minimum absolute atomic E-state index is 0.162. The van der Waals surface area contributed by atoms with Crippen LogP contribution in [0.3, 0.4) is 0 Å². The van der Waals surface area contributed by atoms with Crippen molar-refractivity contribution in [1.29, 1.82) is 0 Å². The maximum absolute atomic E-state index is 12.7. The Kier molecular flexibility index (Phi) is 3.75. The van der Waals surface area contributed by atoms with Gasteiger partial charge in [-0.05, 0) is 24.8 Å². The second-order valence-electron chi connectivity index (χ2n) is 6.01. The molecule has 5 heteroatoms. The molecule has 0 bridgehead atoms. The van der Waals surface area contributed by atoms with E-state index < -0.39 is 0 Å². The Morgan fingerprint density at radius 1 is 1.17 bits per heavy atom. The molecular weight excluding hydrogens is 310 g/mol. The molecule has 4 nitrogen and oxygen atoms in total. The number of benzene rings is 1. The van der Waals surface area contributed by atoms with Crippen molar-refractivity contribution in [3.8, 4) is 0 Å². The highest BCUT2D eigenvalue weighted by Gasteiger charge is 2.34. The van der Waals surface area contributed by atoms with Crippen LogP contribution in [-0.2, 0) is 14.3 Å². The fourth-order valence-electron chi connectivity index (χ4n) is 3.25. The fraction of sp³-hybridized carbons (Fsp3) is 0.333. The third-order valence-electron chi connectivity index (χ3n) is 4.56. The molecule has 0 unspecified atom stereocenters. The average molecular weight is 327 g/mol. The molecule has 0 saturated carbocycles. The van der Waals surface area contributed by atoms with Crippen molar-refractivity contribution in [2.24, 2.45) is 5.92 Å². The van der Waals surface area contributed by atoms with Crippen molar-refractivity contribution >= 4 is 38.8 Å². The molecule has 2 aliphatic heterocycles. The topological polar surface area (TPSA) is 46.6 Å². The first-order chi connectivity index (χ1) is 11.2. The lowest BCUT2D eigenvalue weighted by molar-refractivity contribution is -0.137. The summed E-state index contributed by atoms with van der Waals surface area (Å²) in [4.78, 5) is 26.4. The molecule has 3 heterocycles. The van der Waals surface area contributed by atoms with Gasteiger partial charge in [-0.15, -0.1) is 11.3 Å². The van der Waals surface area contributed by atoms with Crippen LogP contribution in [0.5, 0.6) is 0 Å². The molecular formula is C18H17NO3S. The number of hydrogen-bond donors (Lipinski definition) is 0. The van der Waals surface area contributed by atoms with E-state index in [1.165, 1.54) is 11.0 Å². The number of fused-ring (bicyclic) bond motifs is 1. The van der Waals surface area contributed by atoms with Crippen LogP contribution in [0.15, 0.2) is 35.7 Å². The number of thiophene rings is 1. The van der Waals surface area contributed by atoms with E-state index in [-0.39, 0.29) is 11.8 Å². The molecule has 0 radical (unpaired) electrons. The molecule has 4 rings (SSSR count). The van der Waals surface area contributed by atoms with E-state index in [1.54, 1.807) is 11.3 Å². The predicted octanol–water partition coefficient (Wildman–Crippen LogP) is 3.08. The maximum atomic E-state index is 12.7. The molecule has 0 spiro atoms. The molecule has 1 aromatic heterocycles. The van der Waals surface area contributed by atoms with Gasteiger partial charge in [-0.3, -0.25) is 14.5 Å². The van der Waals surface area contributed by atoms with E-state index in [0.717, 1.165) is 41.7 Å². The lowest BCUT2D eigenvalue weighted by atomic mass is 9.99. The summed E-state index contributed by atoms with van der Waals surface area (Å²) in [5.41, 5.74) is 1.40. The van der Waals surface area contributed by atoms with E-state index in [9.17, 15) is 9.59 Å². The number of imide groups is 1. The van der Waals surface area contributed by atoms with Gasteiger partial charge in [0.25, 0.3) is 11.8 Å². The summed E-state index contributed by atoms with van der Waals surface area (Å²) in [6, 6.07) is 7.97. The Hall–Kier alpha value is -1.98. The van der Waals surface area contributed by atoms with Crippen molar-refractivity contribution in [2.75, 3.05) is 19.8 Å². The van der Waals surface area contributed by atoms with Crippen molar-refractivity contribution in [1.82, 2.24) is 4.90 Å². The number of carbonyl (C=O) groups is 2. The molecule has 2 amide bonds. The molecule has 2 aliphatic rings. The second-order valence-corrected chi connectivity index (χ2v) is 6.92. The zero-order valence-corrected chi connectivity index (χ0v) is 13.5. The Labute approximate surface area is 138 Å². The van der Waals surface area contributed by atoms with Crippen molar-refractivity contribution in [3.63, 3.8) is 0 Å². The van der Waals surface area contributed by atoms with Gasteiger partial charge in [0.05, 0.1) is 5.57 Å². The molecule has 1 aromatic carbocycles. The Bertz CT molecular complexity index is 801. The van der Waals surface area contributed by atoms with Crippen LogP contribution >= 0.6 is 11.3 Å². The first-order valence-corrected chi connectivity index (χ1v) is 8.74. The highest BCUT2D eigenvalue weighted by atomic mass is 32.1. The Morgan fingerprint density at radius 2 is 1.96 bits per heavy atom. The maximum Gasteiger partial charge on any atom is 0.261 e. The molecule has 118 valence electrons. The standard InChI is InChI=1S/C18H17NO3S/c20-17-9-14(15-11-23-16-4-2-1-3-13(15)16)18(21)19(17)10-12-5-7-22-8-6-12/h1-4,9,11-12H,5-8,10H2. The van der Waals surface area contributed by atoms with Crippen molar-refractivity contribution in [2.45, 2.75) is 12.8 Å². The van der Waals surface area contributed by atoms with Gasteiger partial charge in [-0.25, -0.2) is 0 Å². The summed E-state index contributed by atoms with van der Waals surface area (Å²) in [6.45, 7) is 1.94. The van der Waals surface area contributed by atoms with E-state index >= 15 is 0 Å². The smallest absolute Gasteiger partial charge is 0.261 e. The molecule has 1 fully saturated rings. The highest BCUT2D eigenvalue weighted by molar-refractivity contribution is 7.17. The number of ether oxygens (including phenoxy) is 1. The van der Waals surface area contributed by atoms with Crippen LogP contribution in [0.4, 0.5) is 0 Å². The predicted molar refractivity (Wildman–Crippen MR) is 90.1 cm³/mol. The summed E-state index contributed by atoms with van der Waals surface area (Å²) in [6.07, 6.45) is 3.32. The SMILES string of the molecule is O=C1C=C(c2csc3ccccc23)C(=O)N1CC1CCOCC1. The largest absolute Gasteiger partial charge is 0.381 e. The van der Waals surface area contributed by atoms with Crippen molar-refractivity contribution in [3.05, 3.63) is 41.3 Å². The average Bonchev–Trinajstić information content (AvgIpc) is 3.12. The normalized spacial score (nSPS) is 19.7. The van der Waals surface area contributed by atoms with E-state index in [0.29, 0.717) is 18.0 Å². The van der Waals surface area contributed by atoms with Gasteiger partial charge in [0.15, 0.2) is 0 Å². The summed E-state index contributed by atoms with van der Waals surface area (Å²) in [7, 11) is 0. The number of amides is 2. The van der Waals surface area contributed by atoms with E-state index in [4.69, 9.17) is 4.74 Å². The summed E-state index contributed by atoms with van der Waals surface area (Å²) in [5.74, 6) is 0.000404. The minimum Gasteiger partial charge on any atom is -0.381 e. The van der Waals surface area contributed by atoms with Gasteiger partial charge in [-0.2, -0.15) is 0 Å². The van der Waals surface area contributed by atoms with Crippen molar-refractivity contribution < 1.29 is 14.3 Å². The number of hydrogen-bond acceptors (Lipinski definition) is 4. The monoisotopic (exact) mass is 327 g/mol. The molecule has 1 saturated heterocycles. The van der Waals surface area contributed by atoms with Gasteiger partial charge in [0.1, 0.15) is 0 Å². The van der Waals surface area contributed by atoms with Crippen LogP contribution in [0.1, 0.15) is 18.4 Å². The van der Waals surface area contributed by atoms with Crippen LogP contribution in [0, 0.1) is 5.92 Å². The Morgan fingerprint density at radius 3 is 2.78 bits per heavy atom. The third kappa shape index (κ3) is 2.60. The summed E-state index contributed by atoms with van der Waals surface area (Å²) < 4.78 is 6.48. The fourth-order valence-corrected chi connectivity index (χ4v) is 4.21. The lowest BCUT2D eigenvalue weighted by Crippen LogP contribution is -2.37. The van der Waals surface area contributed by atoms with Gasteiger partial charge < -0.3 is 4.74 Å². The lowest BCUT2D eigenvalue weighted by Gasteiger charge is -2.26. The quantitative estimate of drug-likeness (QED) is 0.814. The van der Waals surface area contributed by atoms with Crippen LogP contribution in [0.25, 0.3) is 15.7 Å². The van der Waals surface area contributed by atoms with E-state index in [2.05, 4.69) is 0 Å². The molecule has 2 aromatic rings. The highest BCUT2D eigenvalue weighted by Crippen LogP contribution is 2.34. The Balaban J connectivity index is 1.60. The third-order valence-corrected chi connectivity index (χ3v) is 5.53. The van der Waals surface area contributed by atoms with Gasteiger partial charge in [0, 0.05) is 46.9 Å². The van der Waals surface area contributed by atoms with Gasteiger partial charge >= 0.3 is 0 Å². The number of carbonyl (C=O) groups excluding carboxylic acids is 2. The molecule has 0 aliphatic carbocycles. The first-order valence-electron chi connectivity index (χ1n) is 7.86.